The van der Waals surface area contributed by atoms with E-state index in [9.17, 15) is 4.79 Å². The van der Waals surface area contributed by atoms with Crippen LogP contribution in [0.15, 0.2) is 18.2 Å². The lowest BCUT2D eigenvalue weighted by molar-refractivity contribution is -0.126. The van der Waals surface area contributed by atoms with Gasteiger partial charge in [0, 0.05) is 32.4 Å². The normalized spacial score (nSPS) is 21.1. The summed E-state index contributed by atoms with van der Waals surface area (Å²) in [6.07, 6.45) is 3.26. The smallest absolute Gasteiger partial charge is 0.224 e. The Morgan fingerprint density at radius 3 is 3.14 bits per heavy atom. The van der Waals surface area contributed by atoms with Crippen molar-refractivity contribution in [3.63, 3.8) is 0 Å². The van der Waals surface area contributed by atoms with Crippen LogP contribution in [0.3, 0.4) is 0 Å². The molecule has 21 heavy (non-hydrogen) atoms. The molecule has 1 fully saturated rings. The number of rotatable bonds is 3. The Balaban J connectivity index is 0.00000161. The van der Waals surface area contributed by atoms with Crippen LogP contribution in [0, 0.1) is 5.92 Å². The van der Waals surface area contributed by atoms with Gasteiger partial charge in [0.05, 0.1) is 5.92 Å². The van der Waals surface area contributed by atoms with Crippen LogP contribution in [0.4, 0.5) is 5.69 Å². The minimum Gasteiger partial charge on any atom is -0.384 e. The molecule has 2 heterocycles. The molecule has 116 valence electrons. The van der Waals surface area contributed by atoms with Crippen molar-refractivity contribution in [2.75, 3.05) is 32.0 Å². The van der Waals surface area contributed by atoms with Crippen molar-refractivity contribution in [1.82, 2.24) is 10.2 Å². The average molecular weight is 310 g/mol. The number of benzene rings is 1. The van der Waals surface area contributed by atoms with E-state index in [4.69, 9.17) is 0 Å². The molecule has 0 saturated carbocycles. The van der Waals surface area contributed by atoms with Gasteiger partial charge in [-0.3, -0.25) is 9.69 Å². The Morgan fingerprint density at radius 2 is 2.33 bits per heavy atom. The van der Waals surface area contributed by atoms with E-state index in [-0.39, 0.29) is 24.2 Å². The van der Waals surface area contributed by atoms with Crippen molar-refractivity contribution in [1.29, 1.82) is 0 Å². The van der Waals surface area contributed by atoms with Crippen molar-refractivity contribution in [2.24, 2.45) is 5.92 Å². The zero-order valence-corrected chi connectivity index (χ0v) is 13.3. The van der Waals surface area contributed by atoms with E-state index in [1.165, 1.54) is 16.8 Å². The molecular weight excluding hydrogens is 286 g/mol. The Bertz CT molecular complexity index is 506. The summed E-state index contributed by atoms with van der Waals surface area (Å²) in [6, 6.07) is 6.57. The molecule has 1 aromatic rings. The van der Waals surface area contributed by atoms with E-state index in [1.54, 1.807) is 7.05 Å². The van der Waals surface area contributed by atoms with Gasteiger partial charge in [0.25, 0.3) is 0 Å². The second kappa shape index (κ2) is 7.14. The highest BCUT2D eigenvalue weighted by atomic mass is 35.5. The fourth-order valence-electron chi connectivity index (χ4n) is 3.40. The van der Waals surface area contributed by atoms with Gasteiger partial charge in [-0.1, -0.05) is 18.2 Å². The largest absolute Gasteiger partial charge is 0.384 e. The van der Waals surface area contributed by atoms with Crippen molar-refractivity contribution in [3.05, 3.63) is 29.3 Å². The standard InChI is InChI=1S/C16H23N3O.ClH/c1-17-16(20)14-6-3-9-19(11-14)10-13-5-2-4-12-7-8-18-15(12)13;/h2,4-5,14,18H,3,6-11H2,1H3,(H,17,20);1H. The summed E-state index contributed by atoms with van der Waals surface area (Å²) in [5, 5.41) is 6.28. The summed E-state index contributed by atoms with van der Waals surface area (Å²) in [6.45, 7) is 3.97. The molecule has 1 aromatic carbocycles. The molecule has 3 rings (SSSR count). The first-order valence-corrected chi connectivity index (χ1v) is 7.56. The molecule has 0 bridgehead atoms. The number of hydrogen-bond acceptors (Lipinski definition) is 3. The SMILES string of the molecule is CNC(=O)C1CCCN(Cc2cccc3c2NCC3)C1.Cl. The first-order chi connectivity index (χ1) is 9.78. The van der Waals surface area contributed by atoms with E-state index < -0.39 is 0 Å². The number of likely N-dealkylation sites (tertiary alicyclic amines) is 1. The van der Waals surface area contributed by atoms with Crippen molar-refractivity contribution in [3.8, 4) is 0 Å². The lowest BCUT2D eigenvalue weighted by Gasteiger charge is -2.32. The van der Waals surface area contributed by atoms with Crippen molar-refractivity contribution < 1.29 is 4.79 Å². The Morgan fingerprint density at radius 1 is 1.48 bits per heavy atom. The summed E-state index contributed by atoms with van der Waals surface area (Å²) < 4.78 is 0. The molecule has 2 aliphatic rings. The van der Waals surface area contributed by atoms with E-state index in [0.29, 0.717) is 0 Å². The summed E-state index contributed by atoms with van der Waals surface area (Å²) >= 11 is 0. The first kappa shape index (κ1) is 16.1. The number of nitrogens with zero attached hydrogens (tertiary/aromatic N) is 1. The molecule has 4 nitrogen and oxygen atoms in total. The predicted molar refractivity (Wildman–Crippen MR) is 88.0 cm³/mol. The molecular formula is C16H24ClN3O. The number of halogens is 1. The van der Waals surface area contributed by atoms with Crippen LogP contribution in [0.2, 0.25) is 0 Å². The third kappa shape index (κ3) is 3.50. The van der Waals surface area contributed by atoms with E-state index in [0.717, 1.165) is 45.4 Å². The maximum absolute atomic E-state index is 11.8. The predicted octanol–water partition coefficient (Wildman–Crippen LogP) is 2.03. The topological polar surface area (TPSA) is 44.4 Å². The van der Waals surface area contributed by atoms with Gasteiger partial charge in [0.15, 0.2) is 0 Å². The number of anilines is 1. The first-order valence-electron chi connectivity index (χ1n) is 7.56. The number of para-hydroxylation sites is 1. The highest BCUT2D eigenvalue weighted by molar-refractivity contribution is 5.85. The average Bonchev–Trinajstić information content (AvgIpc) is 2.96. The van der Waals surface area contributed by atoms with Gasteiger partial charge in [0.2, 0.25) is 5.91 Å². The molecule has 0 aliphatic carbocycles. The van der Waals surface area contributed by atoms with Gasteiger partial charge < -0.3 is 10.6 Å². The number of nitrogens with one attached hydrogen (secondary N) is 2. The fraction of sp³-hybridized carbons (Fsp3) is 0.562. The van der Waals surface area contributed by atoms with Gasteiger partial charge >= 0.3 is 0 Å². The van der Waals surface area contributed by atoms with E-state index >= 15 is 0 Å². The molecule has 0 aromatic heterocycles. The van der Waals surface area contributed by atoms with Crippen LogP contribution < -0.4 is 10.6 Å². The number of piperidine rings is 1. The Labute approximate surface area is 132 Å². The molecule has 1 atom stereocenters. The minimum atomic E-state index is 0. The van der Waals surface area contributed by atoms with Crippen LogP contribution in [0.5, 0.6) is 0 Å². The maximum atomic E-state index is 11.8. The molecule has 1 saturated heterocycles. The second-order valence-corrected chi connectivity index (χ2v) is 5.82. The lowest BCUT2D eigenvalue weighted by Crippen LogP contribution is -2.41. The number of carbonyl (C=O) groups excluding carboxylic acids is 1. The van der Waals surface area contributed by atoms with Crippen LogP contribution in [-0.4, -0.2) is 37.5 Å². The highest BCUT2D eigenvalue weighted by Crippen LogP contribution is 2.28. The third-order valence-electron chi connectivity index (χ3n) is 4.45. The quantitative estimate of drug-likeness (QED) is 0.898. The summed E-state index contributed by atoms with van der Waals surface area (Å²) in [5.41, 5.74) is 4.13. The number of carbonyl (C=O) groups is 1. The molecule has 2 N–H and O–H groups in total. The van der Waals surface area contributed by atoms with Gasteiger partial charge in [-0.25, -0.2) is 0 Å². The van der Waals surface area contributed by atoms with Gasteiger partial charge in [-0.2, -0.15) is 0 Å². The Kier molecular flexibility index (Phi) is 5.48. The fourth-order valence-corrected chi connectivity index (χ4v) is 3.40. The van der Waals surface area contributed by atoms with Crippen LogP contribution in [0.1, 0.15) is 24.0 Å². The molecule has 0 radical (unpaired) electrons. The van der Waals surface area contributed by atoms with E-state index in [2.05, 4.69) is 33.7 Å². The summed E-state index contributed by atoms with van der Waals surface area (Å²) in [5.74, 6) is 0.338. The van der Waals surface area contributed by atoms with Crippen molar-refractivity contribution >= 4 is 24.0 Å². The van der Waals surface area contributed by atoms with Crippen LogP contribution in [0.25, 0.3) is 0 Å². The van der Waals surface area contributed by atoms with Gasteiger partial charge in [0.1, 0.15) is 0 Å². The zero-order chi connectivity index (χ0) is 13.9. The second-order valence-electron chi connectivity index (χ2n) is 5.82. The lowest BCUT2D eigenvalue weighted by atomic mass is 9.96. The number of hydrogen-bond donors (Lipinski definition) is 2. The zero-order valence-electron chi connectivity index (χ0n) is 12.5. The number of fused-ring (bicyclic) bond motifs is 1. The third-order valence-corrected chi connectivity index (χ3v) is 4.45. The maximum Gasteiger partial charge on any atom is 0.224 e. The van der Waals surface area contributed by atoms with Crippen LogP contribution >= 0.6 is 12.4 Å². The minimum absolute atomic E-state index is 0. The van der Waals surface area contributed by atoms with Crippen molar-refractivity contribution in [2.45, 2.75) is 25.8 Å². The molecule has 0 spiro atoms. The van der Waals surface area contributed by atoms with Crippen LogP contribution in [-0.2, 0) is 17.8 Å². The number of amides is 1. The molecule has 1 unspecified atom stereocenters. The molecule has 1 amide bonds. The molecule has 2 aliphatic heterocycles. The van der Waals surface area contributed by atoms with E-state index in [1.807, 2.05) is 0 Å². The Hall–Kier alpha value is -1.26. The summed E-state index contributed by atoms with van der Waals surface area (Å²) in [7, 11) is 1.73. The highest BCUT2D eigenvalue weighted by Gasteiger charge is 2.25. The summed E-state index contributed by atoms with van der Waals surface area (Å²) in [4.78, 5) is 14.2. The van der Waals surface area contributed by atoms with Gasteiger partial charge in [-0.15, -0.1) is 12.4 Å². The molecule has 5 heteroatoms. The monoisotopic (exact) mass is 309 g/mol. The van der Waals surface area contributed by atoms with Gasteiger partial charge in [-0.05, 0) is 36.9 Å².